The van der Waals surface area contributed by atoms with Crippen LogP contribution in [-0.4, -0.2) is 36.5 Å². The van der Waals surface area contributed by atoms with E-state index in [4.69, 9.17) is 5.73 Å². The molecule has 1 aliphatic heterocycles. The van der Waals surface area contributed by atoms with Crippen molar-refractivity contribution < 1.29 is 4.79 Å². The molecule has 0 aromatic heterocycles. The standard InChI is InChI=1S/C16H25N3O/c17-11-15-9-5-2-6-10-19(15)13-16(20)18-12-14-7-3-1-4-8-14/h1,3-4,7-8,15H,2,5-6,9-13,17H2,(H,18,20). The van der Waals surface area contributed by atoms with Crippen LogP contribution >= 0.6 is 0 Å². The number of carbonyl (C=O) groups excluding carboxylic acids is 1. The van der Waals surface area contributed by atoms with Crippen LogP contribution in [0.25, 0.3) is 0 Å². The topological polar surface area (TPSA) is 58.4 Å². The molecule has 0 aliphatic carbocycles. The summed E-state index contributed by atoms with van der Waals surface area (Å²) in [5.41, 5.74) is 6.96. The molecule has 0 spiro atoms. The van der Waals surface area contributed by atoms with Gasteiger partial charge in [-0.3, -0.25) is 9.69 Å². The van der Waals surface area contributed by atoms with Gasteiger partial charge in [0.25, 0.3) is 0 Å². The third-order valence-electron chi connectivity index (χ3n) is 3.95. The normalized spacial score (nSPS) is 20.4. The SMILES string of the molecule is NCC1CCCCCN1CC(=O)NCc1ccccc1. The van der Waals surface area contributed by atoms with Crippen LogP contribution in [0, 0.1) is 0 Å². The average Bonchev–Trinajstić information content (AvgIpc) is 2.71. The highest BCUT2D eigenvalue weighted by atomic mass is 16.2. The first-order valence-electron chi connectivity index (χ1n) is 7.54. The molecule has 1 aliphatic rings. The molecule has 1 fully saturated rings. The van der Waals surface area contributed by atoms with Crippen LogP contribution in [0.2, 0.25) is 0 Å². The Morgan fingerprint density at radius 3 is 2.80 bits per heavy atom. The number of rotatable bonds is 5. The second-order valence-corrected chi connectivity index (χ2v) is 5.47. The van der Waals surface area contributed by atoms with Gasteiger partial charge in [-0.25, -0.2) is 0 Å². The number of carbonyl (C=O) groups is 1. The van der Waals surface area contributed by atoms with Gasteiger partial charge in [0.05, 0.1) is 6.54 Å². The van der Waals surface area contributed by atoms with E-state index in [9.17, 15) is 4.79 Å². The molecule has 0 saturated carbocycles. The zero-order valence-corrected chi connectivity index (χ0v) is 12.1. The predicted octanol–water partition coefficient (Wildman–Crippen LogP) is 1.51. The van der Waals surface area contributed by atoms with Crippen molar-refractivity contribution in [3.05, 3.63) is 35.9 Å². The van der Waals surface area contributed by atoms with Crippen LogP contribution in [0.4, 0.5) is 0 Å². The van der Waals surface area contributed by atoms with E-state index in [1.807, 2.05) is 30.3 Å². The van der Waals surface area contributed by atoms with Crippen molar-refractivity contribution in [2.75, 3.05) is 19.6 Å². The van der Waals surface area contributed by atoms with Crippen molar-refractivity contribution in [3.8, 4) is 0 Å². The fourth-order valence-electron chi connectivity index (χ4n) is 2.75. The zero-order chi connectivity index (χ0) is 14.2. The molecule has 110 valence electrons. The van der Waals surface area contributed by atoms with Gasteiger partial charge >= 0.3 is 0 Å². The number of hydrogen-bond acceptors (Lipinski definition) is 3. The van der Waals surface area contributed by atoms with Crippen LogP contribution in [0.3, 0.4) is 0 Å². The highest BCUT2D eigenvalue weighted by molar-refractivity contribution is 5.78. The van der Waals surface area contributed by atoms with E-state index in [0.717, 1.165) is 18.5 Å². The lowest BCUT2D eigenvalue weighted by atomic mass is 10.1. The molecular weight excluding hydrogens is 250 g/mol. The van der Waals surface area contributed by atoms with Gasteiger partial charge in [-0.2, -0.15) is 0 Å². The molecule has 4 nitrogen and oxygen atoms in total. The molecule has 1 aromatic carbocycles. The fraction of sp³-hybridized carbons (Fsp3) is 0.562. The Bertz CT molecular complexity index is 407. The fourth-order valence-corrected chi connectivity index (χ4v) is 2.75. The molecule has 3 N–H and O–H groups in total. The van der Waals surface area contributed by atoms with E-state index in [1.165, 1.54) is 19.3 Å². The number of nitrogens with one attached hydrogen (secondary N) is 1. The molecule has 1 amide bonds. The Kier molecular flexibility index (Phi) is 6.02. The van der Waals surface area contributed by atoms with E-state index in [0.29, 0.717) is 25.7 Å². The molecule has 20 heavy (non-hydrogen) atoms. The molecule has 1 aromatic rings. The van der Waals surface area contributed by atoms with Crippen molar-refractivity contribution in [1.82, 2.24) is 10.2 Å². The van der Waals surface area contributed by atoms with E-state index < -0.39 is 0 Å². The quantitative estimate of drug-likeness (QED) is 0.856. The Hall–Kier alpha value is -1.39. The number of benzene rings is 1. The maximum atomic E-state index is 12.1. The number of amides is 1. The molecule has 2 rings (SSSR count). The lowest BCUT2D eigenvalue weighted by Crippen LogP contribution is -2.45. The summed E-state index contributed by atoms with van der Waals surface area (Å²) < 4.78 is 0. The predicted molar refractivity (Wildman–Crippen MR) is 81.2 cm³/mol. The van der Waals surface area contributed by atoms with Gasteiger partial charge in [0.15, 0.2) is 0 Å². The molecule has 0 bridgehead atoms. The summed E-state index contributed by atoms with van der Waals surface area (Å²) in [4.78, 5) is 14.3. The molecule has 1 heterocycles. The van der Waals surface area contributed by atoms with Crippen molar-refractivity contribution in [2.45, 2.75) is 38.3 Å². The minimum Gasteiger partial charge on any atom is -0.351 e. The van der Waals surface area contributed by atoms with E-state index in [-0.39, 0.29) is 5.91 Å². The molecule has 0 radical (unpaired) electrons. The summed E-state index contributed by atoms with van der Waals surface area (Å²) in [5.74, 6) is 0.0919. The first-order chi connectivity index (χ1) is 9.79. The van der Waals surface area contributed by atoms with Crippen LogP contribution in [0.1, 0.15) is 31.2 Å². The van der Waals surface area contributed by atoms with Crippen LogP contribution in [0.5, 0.6) is 0 Å². The number of likely N-dealkylation sites (tertiary alicyclic amines) is 1. The third-order valence-corrected chi connectivity index (χ3v) is 3.95. The minimum atomic E-state index is 0.0919. The Morgan fingerprint density at radius 2 is 2.05 bits per heavy atom. The van der Waals surface area contributed by atoms with Gasteiger partial charge in [-0.05, 0) is 24.9 Å². The van der Waals surface area contributed by atoms with E-state index in [2.05, 4.69) is 10.2 Å². The lowest BCUT2D eigenvalue weighted by Gasteiger charge is -2.28. The number of hydrogen-bond donors (Lipinski definition) is 2. The van der Waals surface area contributed by atoms with Crippen molar-refractivity contribution in [3.63, 3.8) is 0 Å². The zero-order valence-electron chi connectivity index (χ0n) is 12.1. The first kappa shape index (κ1) is 15.0. The number of nitrogens with two attached hydrogens (primary N) is 1. The number of nitrogens with zero attached hydrogens (tertiary/aromatic N) is 1. The first-order valence-corrected chi connectivity index (χ1v) is 7.54. The van der Waals surface area contributed by atoms with Gasteiger partial charge in [-0.15, -0.1) is 0 Å². The molecule has 1 atom stereocenters. The van der Waals surface area contributed by atoms with Crippen molar-refractivity contribution in [2.24, 2.45) is 5.73 Å². The third kappa shape index (κ3) is 4.62. The Labute approximate surface area is 121 Å². The van der Waals surface area contributed by atoms with E-state index in [1.54, 1.807) is 0 Å². The second-order valence-electron chi connectivity index (χ2n) is 5.47. The highest BCUT2D eigenvalue weighted by Gasteiger charge is 2.21. The lowest BCUT2D eigenvalue weighted by molar-refractivity contribution is -0.122. The Balaban J connectivity index is 1.80. The van der Waals surface area contributed by atoms with Crippen LogP contribution in [0.15, 0.2) is 30.3 Å². The van der Waals surface area contributed by atoms with Crippen molar-refractivity contribution >= 4 is 5.91 Å². The van der Waals surface area contributed by atoms with Crippen LogP contribution in [-0.2, 0) is 11.3 Å². The summed E-state index contributed by atoms with van der Waals surface area (Å²) in [5, 5.41) is 2.99. The molecule has 1 unspecified atom stereocenters. The molecule has 1 saturated heterocycles. The maximum absolute atomic E-state index is 12.1. The summed E-state index contributed by atoms with van der Waals surface area (Å²) in [6, 6.07) is 10.4. The van der Waals surface area contributed by atoms with E-state index >= 15 is 0 Å². The minimum absolute atomic E-state index is 0.0919. The summed E-state index contributed by atoms with van der Waals surface area (Å²) in [7, 11) is 0. The van der Waals surface area contributed by atoms with Crippen molar-refractivity contribution in [1.29, 1.82) is 0 Å². The van der Waals surface area contributed by atoms with Gasteiger partial charge in [0, 0.05) is 19.1 Å². The van der Waals surface area contributed by atoms with Gasteiger partial charge in [0.2, 0.25) is 5.91 Å². The largest absolute Gasteiger partial charge is 0.351 e. The summed E-state index contributed by atoms with van der Waals surface area (Å²) >= 11 is 0. The average molecular weight is 275 g/mol. The van der Waals surface area contributed by atoms with Gasteiger partial charge in [-0.1, -0.05) is 43.2 Å². The maximum Gasteiger partial charge on any atom is 0.234 e. The smallest absolute Gasteiger partial charge is 0.234 e. The van der Waals surface area contributed by atoms with Crippen LogP contribution < -0.4 is 11.1 Å². The monoisotopic (exact) mass is 275 g/mol. The molecule has 4 heteroatoms. The van der Waals surface area contributed by atoms with Gasteiger partial charge < -0.3 is 11.1 Å². The second kappa shape index (κ2) is 8.02. The highest BCUT2D eigenvalue weighted by Crippen LogP contribution is 2.15. The van der Waals surface area contributed by atoms with Gasteiger partial charge in [0.1, 0.15) is 0 Å². The Morgan fingerprint density at radius 1 is 1.25 bits per heavy atom. The molecular formula is C16H25N3O. The summed E-state index contributed by atoms with van der Waals surface area (Å²) in [6.45, 7) is 2.70. The summed E-state index contributed by atoms with van der Waals surface area (Å²) in [6.07, 6.45) is 4.76.